The normalized spacial score (nSPS) is 10.6. The highest BCUT2D eigenvalue weighted by Gasteiger charge is 2.08. The molecule has 0 fully saturated rings. The fourth-order valence-corrected chi connectivity index (χ4v) is 3.02. The summed E-state index contributed by atoms with van der Waals surface area (Å²) in [7, 11) is 0. The van der Waals surface area contributed by atoms with Crippen molar-refractivity contribution in [3.63, 3.8) is 0 Å². The van der Waals surface area contributed by atoms with Gasteiger partial charge in [-0.05, 0) is 46.9 Å². The first-order valence-electron chi connectivity index (χ1n) is 9.86. The van der Waals surface area contributed by atoms with Gasteiger partial charge in [-0.25, -0.2) is 0 Å². The molecule has 0 unspecified atom stereocenters. The molecule has 148 valence electrons. The van der Waals surface area contributed by atoms with Gasteiger partial charge in [0.2, 0.25) is 0 Å². The monoisotopic (exact) mass is 386 g/mol. The third kappa shape index (κ3) is 5.55. The Balaban J connectivity index is 1.45. The van der Waals surface area contributed by atoms with E-state index in [0.717, 1.165) is 11.1 Å². The summed E-state index contributed by atoms with van der Waals surface area (Å²) in [5, 5.41) is 5.67. The van der Waals surface area contributed by atoms with Gasteiger partial charge in [-0.2, -0.15) is 0 Å². The van der Waals surface area contributed by atoms with Gasteiger partial charge in [-0.3, -0.25) is 9.59 Å². The Morgan fingerprint density at radius 2 is 1.10 bits per heavy atom. The quantitative estimate of drug-likeness (QED) is 0.581. The molecule has 0 aliphatic heterocycles. The fraction of sp³-hybridized carbons (Fsp3) is 0.200. The maximum Gasteiger partial charge on any atom is 0.251 e. The highest BCUT2D eigenvalue weighted by Crippen LogP contribution is 2.19. The second kappa shape index (κ2) is 9.69. The molecule has 29 heavy (non-hydrogen) atoms. The number of nitrogens with one attached hydrogen (secondary N) is 2. The smallest absolute Gasteiger partial charge is 0.251 e. The molecule has 4 heteroatoms. The van der Waals surface area contributed by atoms with Gasteiger partial charge in [0.1, 0.15) is 0 Å². The van der Waals surface area contributed by atoms with Crippen LogP contribution in [0.4, 0.5) is 0 Å². The summed E-state index contributed by atoms with van der Waals surface area (Å²) >= 11 is 0. The summed E-state index contributed by atoms with van der Waals surface area (Å²) in [5.74, 6) is 0.144. The van der Waals surface area contributed by atoms with Crippen molar-refractivity contribution in [2.24, 2.45) is 0 Å². The zero-order valence-corrected chi connectivity index (χ0v) is 16.8. The van der Waals surface area contributed by atoms with E-state index in [0.29, 0.717) is 30.1 Å². The molecule has 0 atom stereocenters. The first-order chi connectivity index (χ1) is 14.0. The van der Waals surface area contributed by atoms with E-state index in [1.807, 2.05) is 78.9 Å². The van der Waals surface area contributed by atoms with Crippen LogP contribution < -0.4 is 10.6 Å². The molecule has 0 radical (unpaired) electrons. The Bertz CT molecular complexity index is 946. The van der Waals surface area contributed by atoms with Crippen molar-refractivity contribution in [2.45, 2.75) is 19.8 Å². The Kier molecular flexibility index (Phi) is 6.80. The second-order valence-electron chi connectivity index (χ2n) is 7.23. The van der Waals surface area contributed by atoms with Gasteiger partial charge in [-0.1, -0.05) is 68.4 Å². The molecule has 3 aromatic rings. The lowest BCUT2D eigenvalue weighted by Gasteiger charge is -2.09. The molecule has 0 saturated carbocycles. The van der Waals surface area contributed by atoms with E-state index in [1.165, 1.54) is 5.56 Å². The molecular formula is C25H26N2O2. The lowest BCUT2D eigenvalue weighted by atomic mass is 10.0. The molecule has 2 N–H and O–H groups in total. The van der Waals surface area contributed by atoms with Crippen LogP contribution in [0.2, 0.25) is 0 Å². The van der Waals surface area contributed by atoms with Crippen molar-refractivity contribution >= 4 is 11.8 Å². The van der Waals surface area contributed by atoms with E-state index in [1.54, 1.807) is 0 Å². The van der Waals surface area contributed by atoms with Gasteiger partial charge in [0.05, 0.1) is 0 Å². The van der Waals surface area contributed by atoms with E-state index in [4.69, 9.17) is 0 Å². The maximum absolute atomic E-state index is 12.3. The molecule has 0 aromatic heterocycles. The molecule has 4 nitrogen and oxygen atoms in total. The summed E-state index contributed by atoms with van der Waals surface area (Å²) in [6, 6.07) is 25.1. The number of carbonyl (C=O) groups is 2. The SMILES string of the molecule is CC(C)c1ccc(C(=O)NCCNC(=O)c2ccc(-c3ccccc3)cc2)cc1. The Morgan fingerprint density at radius 1 is 0.655 bits per heavy atom. The molecule has 0 saturated heterocycles. The van der Waals surface area contributed by atoms with Crippen molar-refractivity contribution in [1.29, 1.82) is 0 Å². The van der Waals surface area contributed by atoms with Crippen molar-refractivity contribution in [1.82, 2.24) is 10.6 Å². The lowest BCUT2D eigenvalue weighted by molar-refractivity contribution is 0.0927. The van der Waals surface area contributed by atoms with E-state index in [-0.39, 0.29) is 11.8 Å². The molecule has 3 rings (SSSR count). The summed E-state index contributed by atoms with van der Waals surface area (Å²) in [5.41, 5.74) is 4.60. The average Bonchev–Trinajstić information content (AvgIpc) is 2.77. The maximum atomic E-state index is 12.3. The third-order valence-corrected chi connectivity index (χ3v) is 4.79. The fourth-order valence-electron chi connectivity index (χ4n) is 3.02. The van der Waals surface area contributed by atoms with Crippen LogP contribution in [0.25, 0.3) is 11.1 Å². The molecule has 0 spiro atoms. The lowest BCUT2D eigenvalue weighted by Crippen LogP contribution is -2.34. The van der Waals surface area contributed by atoms with Gasteiger partial charge in [0.15, 0.2) is 0 Å². The van der Waals surface area contributed by atoms with Crippen LogP contribution in [0.5, 0.6) is 0 Å². The van der Waals surface area contributed by atoms with Gasteiger partial charge < -0.3 is 10.6 Å². The molecule has 0 aliphatic carbocycles. The van der Waals surface area contributed by atoms with Crippen LogP contribution in [0.1, 0.15) is 46.0 Å². The highest BCUT2D eigenvalue weighted by atomic mass is 16.2. The number of benzene rings is 3. The average molecular weight is 386 g/mol. The summed E-state index contributed by atoms with van der Waals surface area (Å²) in [6.07, 6.45) is 0. The van der Waals surface area contributed by atoms with Crippen LogP contribution in [-0.4, -0.2) is 24.9 Å². The zero-order valence-electron chi connectivity index (χ0n) is 16.8. The van der Waals surface area contributed by atoms with Crippen molar-refractivity contribution in [3.8, 4) is 11.1 Å². The van der Waals surface area contributed by atoms with Gasteiger partial charge in [-0.15, -0.1) is 0 Å². The highest BCUT2D eigenvalue weighted by molar-refractivity contribution is 5.95. The summed E-state index contributed by atoms with van der Waals surface area (Å²) < 4.78 is 0. The standard InChI is InChI=1S/C25H26N2O2/c1-18(2)19-8-12-22(13-9-19)24(28)26-16-17-27-25(29)23-14-10-21(11-15-23)20-6-4-3-5-7-20/h3-15,18H,16-17H2,1-2H3,(H,26,28)(H,27,29). The number of rotatable bonds is 7. The van der Waals surface area contributed by atoms with Crippen LogP contribution in [0.3, 0.4) is 0 Å². The predicted molar refractivity (Wildman–Crippen MR) is 117 cm³/mol. The van der Waals surface area contributed by atoms with E-state index < -0.39 is 0 Å². The Hall–Kier alpha value is -3.40. The van der Waals surface area contributed by atoms with Crippen LogP contribution in [0.15, 0.2) is 78.9 Å². The third-order valence-electron chi connectivity index (χ3n) is 4.79. The molecular weight excluding hydrogens is 360 g/mol. The topological polar surface area (TPSA) is 58.2 Å². The number of hydrogen-bond donors (Lipinski definition) is 2. The van der Waals surface area contributed by atoms with Crippen LogP contribution >= 0.6 is 0 Å². The van der Waals surface area contributed by atoms with Gasteiger partial charge in [0, 0.05) is 24.2 Å². The first kappa shape index (κ1) is 20.3. The number of amides is 2. The number of carbonyl (C=O) groups excluding carboxylic acids is 2. The van der Waals surface area contributed by atoms with Crippen molar-refractivity contribution in [3.05, 3.63) is 95.6 Å². The van der Waals surface area contributed by atoms with E-state index in [9.17, 15) is 9.59 Å². The predicted octanol–water partition coefficient (Wildman–Crippen LogP) is 4.64. The van der Waals surface area contributed by atoms with E-state index >= 15 is 0 Å². The second-order valence-corrected chi connectivity index (χ2v) is 7.23. The van der Waals surface area contributed by atoms with Gasteiger partial charge in [0.25, 0.3) is 11.8 Å². The molecule has 0 heterocycles. The molecule has 3 aromatic carbocycles. The van der Waals surface area contributed by atoms with Gasteiger partial charge >= 0.3 is 0 Å². The zero-order chi connectivity index (χ0) is 20.6. The minimum Gasteiger partial charge on any atom is -0.350 e. The molecule has 0 aliphatic rings. The molecule has 2 amide bonds. The Labute approximate surface area is 172 Å². The van der Waals surface area contributed by atoms with Crippen LogP contribution in [0, 0.1) is 0 Å². The minimum absolute atomic E-state index is 0.137. The van der Waals surface area contributed by atoms with Crippen molar-refractivity contribution in [2.75, 3.05) is 13.1 Å². The summed E-state index contributed by atoms with van der Waals surface area (Å²) in [4.78, 5) is 24.5. The number of hydrogen-bond acceptors (Lipinski definition) is 2. The van der Waals surface area contributed by atoms with E-state index in [2.05, 4.69) is 24.5 Å². The largest absolute Gasteiger partial charge is 0.350 e. The first-order valence-corrected chi connectivity index (χ1v) is 9.86. The Morgan fingerprint density at radius 3 is 1.59 bits per heavy atom. The molecule has 0 bridgehead atoms. The van der Waals surface area contributed by atoms with Crippen LogP contribution in [-0.2, 0) is 0 Å². The minimum atomic E-state index is -0.153. The summed E-state index contributed by atoms with van der Waals surface area (Å²) in [6.45, 7) is 4.98. The van der Waals surface area contributed by atoms with Crippen molar-refractivity contribution < 1.29 is 9.59 Å².